The zero-order valence-electron chi connectivity index (χ0n) is 14.1. The third kappa shape index (κ3) is 10.2. The molecule has 0 aliphatic carbocycles. The molecular weight excluding hydrogens is 248 g/mol. The summed E-state index contributed by atoms with van der Waals surface area (Å²) in [6.07, 6.45) is 8.74. The Hall–Kier alpha value is -0.570. The van der Waals surface area contributed by atoms with Crippen LogP contribution in [0.2, 0.25) is 0 Å². The minimum atomic E-state index is 0.198. The summed E-state index contributed by atoms with van der Waals surface area (Å²) in [4.78, 5) is 11.9. The van der Waals surface area contributed by atoms with Gasteiger partial charge in [-0.15, -0.1) is 0 Å². The first kappa shape index (κ1) is 19.4. The Morgan fingerprint density at radius 2 is 1.90 bits per heavy atom. The Kier molecular flexibility index (Phi) is 10.8. The molecule has 0 heterocycles. The highest BCUT2D eigenvalue weighted by molar-refractivity contribution is 5.75. The van der Waals surface area contributed by atoms with E-state index >= 15 is 0 Å². The minimum Gasteiger partial charge on any atom is -0.356 e. The van der Waals surface area contributed by atoms with Crippen LogP contribution in [0.25, 0.3) is 0 Å². The summed E-state index contributed by atoms with van der Waals surface area (Å²) in [6, 6.07) is 0. The van der Waals surface area contributed by atoms with Crippen molar-refractivity contribution in [1.82, 2.24) is 5.32 Å². The molecule has 0 saturated heterocycles. The van der Waals surface area contributed by atoms with Crippen molar-refractivity contribution < 1.29 is 4.79 Å². The number of carbonyl (C=O) groups excluding carboxylic acids is 1. The van der Waals surface area contributed by atoms with E-state index in [-0.39, 0.29) is 11.3 Å². The van der Waals surface area contributed by atoms with Crippen LogP contribution < -0.4 is 11.1 Å². The fraction of sp³-hybridized carbons (Fsp3) is 0.941. The first-order valence-corrected chi connectivity index (χ1v) is 8.42. The average molecular weight is 284 g/mol. The molecule has 0 aliphatic heterocycles. The Morgan fingerprint density at radius 3 is 2.45 bits per heavy atom. The predicted molar refractivity (Wildman–Crippen MR) is 87.6 cm³/mol. The maximum absolute atomic E-state index is 11.9. The van der Waals surface area contributed by atoms with E-state index in [1.165, 1.54) is 25.7 Å². The largest absolute Gasteiger partial charge is 0.356 e. The van der Waals surface area contributed by atoms with E-state index in [4.69, 9.17) is 5.73 Å². The van der Waals surface area contributed by atoms with Gasteiger partial charge in [0.1, 0.15) is 0 Å². The van der Waals surface area contributed by atoms with Crippen LogP contribution in [0.15, 0.2) is 0 Å². The summed E-state index contributed by atoms with van der Waals surface area (Å²) in [7, 11) is 0. The number of nitrogens with two attached hydrogens (primary N) is 1. The molecule has 1 amide bonds. The zero-order valence-corrected chi connectivity index (χ0v) is 14.1. The van der Waals surface area contributed by atoms with Crippen LogP contribution in [-0.2, 0) is 4.79 Å². The fourth-order valence-electron chi connectivity index (χ4n) is 2.49. The van der Waals surface area contributed by atoms with Gasteiger partial charge in [-0.2, -0.15) is 0 Å². The SMILES string of the molecule is CCCCCC(C)(C)CNC(=O)CCC(CC)CCN. The smallest absolute Gasteiger partial charge is 0.220 e. The highest BCUT2D eigenvalue weighted by Crippen LogP contribution is 2.22. The van der Waals surface area contributed by atoms with E-state index in [9.17, 15) is 4.79 Å². The Morgan fingerprint density at radius 1 is 1.20 bits per heavy atom. The van der Waals surface area contributed by atoms with Gasteiger partial charge in [0, 0.05) is 13.0 Å². The van der Waals surface area contributed by atoms with Crippen molar-refractivity contribution in [1.29, 1.82) is 0 Å². The molecule has 1 atom stereocenters. The molecule has 3 heteroatoms. The summed E-state index contributed by atoms with van der Waals surface area (Å²) in [6.45, 7) is 10.4. The molecule has 0 fully saturated rings. The number of carbonyl (C=O) groups is 1. The van der Waals surface area contributed by atoms with E-state index in [1.54, 1.807) is 0 Å². The van der Waals surface area contributed by atoms with Crippen LogP contribution in [0.3, 0.4) is 0 Å². The van der Waals surface area contributed by atoms with E-state index in [0.29, 0.717) is 12.3 Å². The molecule has 0 aliphatic rings. The van der Waals surface area contributed by atoms with Crippen LogP contribution in [0.5, 0.6) is 0 Å². The Labute approximate surface area is 126 Å². The van der Waals surface area contributed by atoms with Crippen molar-refractivity contribution in [3.8, 4) is 0 Å². The Balaban J connectivity index is 3.85. The fourth-order valence-corrected chi connectivity index (χ4v) is 2.49. The van der Waals surface area contributed by atoms with E-state index in [2.05, 4.69) is 33.0 Å². The molecule has 0 rings (SSSR count). The van der Waals surface area contributed by atoms with Crippen molar-refractivity contribution in [2.45, 2.75) is 79.1 Å². The first-order valence-electron chi connectivity index (χ1n) is 8.42. The lowest BCUT2D eigenvalue weighted by Crippen LogP contribution is -2.34. The van der Waals surface area contributed by atoms with E-state index in [0.717, 1.165) is 32.4 Å². The van der Waals surface area contributed by atoms with Crippen LogP contribution in [0, 0.1) is 11.3 Å². The highest BCUT2D eigenvalue weighted by Gasteiger charge is 2.18. The van der Waals surface area contributed by atoms with Gasteiger partial charge >= 0.3 is 0 Å². The lowest BCUT2D eigenvalue weighted by Gasteiger charge is -2.25. The molecule has 1 unspecified atom stereocenters. The monoisotopic (exact) mass is 284 g/mol. The molecule has 20 heavy (non-hydrogen) atoms. The summed E-state index contributed by atoms with van der Waals surface area (Å²) in [5.41, 5.74) is 5.80. The molecule has 3 nitrogen and oxygen atoms in total. The van der Waals surface area contributed by atoms with Crippen LogP contribution in [-0.4, -0.2) is 19.0 Å². The van der Waals surface area contributed by atoms with Gasteiger partial charge < -0.3 is 11.1 Å². The topological polar surface area (TPSA) is 55.1 Å². The maximum atomic E-state index is 11.9. The van der Waals surface area contributed by atoms with Gasteiger partial charge in [0.05, 0.1) is 0 Å². The van der Waals surface area contributed by atoms with Gasteiger partial charge in [-0.25, -0.2) is 0 Å². The van der Waals surface area contributed by atoms with Crippen molar-refractivity contribution in [3.05, 3.63) is 0 Å². The molecule has 0 aromatic heterocycles. The maximum Gasteiger partial charge on any atom is 0.220 e. The Bertz CT molecular complexity index is 251. The summed E-state index contributed by atoms with van der Waals surface area (Å²) in [5.74, 6) is 0.798. The third-order valence-corrected chi connectivity index (χ3v) is 4.15. The molecule has 0 spiro atoms. The number of hydrogen-bond donors (Lipinski definition) is 2. The van der Waals surface area contributed by atoms with Crippen LogP contribution in [0.4, 0.5) is 0 Å². The van der Waals surface area contributed by atoms with E-state index < -0.39 is 0 Å². The second kappa shape index (κ2) is 11.1. The lowest BCUT2D eigenvalue weighted by atomic mass is 9.87. The van der Waals surface area contributed by atoms with Gasteiger partial charge in [0.25, 0.3) is 0 Å². The number of hydrogen-bond acceptors (Lipinski definition) is 2. The normalized spacial score (nSPS) is 13.2. The van der Waals surface area contributed by atoms with Crippen molar-refractivity contribution in [3.63, 3.8) is 0 Å². The number of amides is 1. The molecule has 0 radical (unpaired) electrons. The van der Waals surface area contributed by atoms with Gasteiger partial charge in [-0.05, 0) is 37.1 Å². The molecule has 3 N–H and O–H groups in total. The quantitative estimate of drug-likeness (QED) is 0.535. The molecule has 0 saturated carbocycles. The minimum absolute atomic E-state index is 0.198. The molecule has 120 valence electrons. The molecule has 0 bridgehead atoms. The summed E-state index contributed by atoms with van der Waals surface area (Å²) in [5, 5.41) is 3.10. The second-order valence-electron chi connectivity index (χ2n) is 6.79. The van der Waals surface area contributed by atoms with Crippen molar-refractivity contribution >= 4 is 5.91 Å². The van der Waals surface area contributed by atoms with Crippen LogP contribution in [0.1, 0.15) is 79.1 Å². The summed E-state index contributed by atoms with van der Waals surface area (Å²) >= 11 is 0. The van der Waals surface area contributed by atoms with Gasteiger partial charge in [-0.1, -0.05) is 53.4 Å². The average Bonchev–Trinajstić information content (AvgIpc) is 2.41. The zero-order chi connectivity index (χ0) is 15.4. The summed E-state index contributed by atoms with van der Waals surface area (Å²) < 4.78 is 0. The van der Waals surface area contributed by atoms with Gasteiger partial charge in [0.2, 0.25) is 5.91 Å². The second-order valence-corrected chi connectivity index (χ2v) is 6.79. The van der Waals surface area contributed by atoms with Crippen LogP contribution >= 0.6 is 0 Å². The molecular formula is C17H36N2O. The first-order chi connectivity index (χ1) is 9.45. The van der Waals surface area contributed by atoms with Gasteiger partial charge in [-0.3, -0.25) is 4.79 Å². The lowest BCUT2D eigenvalue weighted by molar-refractivity contribution is -0.121. The van der Waals surface area contributed by atoms with Crippen molar-refractivity contribution in [2.75, 3.05) is 13.1 Å². The molecule has 0 aromatic rings. The third-order valence-electron chi connectivity index (χ3n) is 4.15. The number of nitrogens with one attached hydrogen (secondary N) is 1. The standard InChI is InChI=1S/C17H36N2O/c1-5-7-8-12-17(3,4)14-19-16(20)10-9-15(6-2)11-13-18/h15H,5-14,18H2,1-4H3,(H,19,20). The number of unbranched alkanes of at least 4 members (excludes halogenated alkanes) is 2. The molecule has 0 aromatic carbocycles. The number of rotatable bonds is 12. The van der Waals surface area contributed by atoms with Crippen molar-refractivity contribution in [2.24, 2.45) is 17.1 Å². The van der Waals surface area contributed by atoms with E-state index in [1.807, 2.05) is 0 Å². The highest BCUT2D eigenvalue weighted by atomic mass is 16.1. The predicted octanol–water partition coefficient (Wildman–Crippen LogP) is 3.86. The van der Waals surface area contributed by atoms with Gasteiger partial charge in [0.15, 0.2) is 0 Å².